The zero-order chi connectivity index (χ0) is 17.2. The van der Waals surface area contributed by atoms with Crippen molar-refractivity contribution in [3.8, 4) is 0 Å². The van der Waals surface area contributed by atoms with E-state index in [0.29, 0.717) is 31.2 Å². The molecule has 132 valence electrons. The fourth-order valence-electron chi connectivity index (χ4n) is 3.27. The summed E-state index contributed by atoms with van der Waals surface area (Å²) in [7, 11) is 0. The molecule has 1 amide bonds. The lowest BCUT2D eigenvalue weighted by atomic mass is 10.1. The summed E-state index contributed by atoms with van der Waals surface area (Å²) < 4.78 is 5.28. The highest BCUT2D eigenvalue weighted by molar-refractivity contribution is 5.92. The molecule has 1 aromatic heterocycles. The molecule has 2 aliphatic rings. The average Bonchev–Trinajstić information content (AvgIpc) is 3.39. The molecular formula is C19H23N3O3. The van der Waals surface area contributed by atoms with Gasteiger partial charge in [0.15, 0.2) is 5.69 Å². The summed E-state index contributed by atoms with van der Waals surface area (Å²) in [5.74, 6) is 1.25. The van der Waals surface area contributed by atoms with Crippen LogP contribution in [0.25, 0.3) is 0 Å². The summed E-state index contributed by atoms with van der Waals surface area (Å²) >= 11 is 0. The van der Waals surface area contributed by atoms with Gasteiger partial charge >= 0.3 is 0 Å². The Bertz CT molecular complexity index is 719. The Hall–Kier alpha value is -2.18. The number of amides is 1. The van der Waals surface area contributed by atoms with Crippen LogP contribution in [-0.2, 0) is 0 Å². The van der Waals surface area contributed by atoms with Crippen LogP contribution in [0.15, 0.2) is 40.9 Å². The van der Waals surface area contributed by atoms with Crippen molar-refractivity contribution in [2.75, 3.05) is 32.7 Å². The van der Waals surface area contributed by atoms with Gasteiger partial charge in [0.05, 0.1) is 6.10 Å². The van der Waals surface area contributed by atoms with Gasteiger partial charge in [-0.15, -0.1) is 0 Å². The lowest BCUT2D eigenvalue weighted by Crippen LogP contribution is -2.49. The maximum Gasteiger partial charge on any atom is 0.276 e. The van der Waals surface area contributed by atoms with Crippen molar-refractivity contribution < 1.29 is 14.4 Å². The van der Waals surface area contributed by atoms with E-state index < -0.39 is 6.10 Å². The van der Waals surface area contributed by atoms with Crippen molar-refractivity contribution in [3.05, 3.63) is 53.4 Å². The number of aliphatic hydroxyl groups is 1. The van der Waals surface area contributed by atoms with Crippen LogP contribution in [0, 0.1) is 0 Å². The summed E-state index contributed by atoms with van der Waals surface area (Å²) in [6.07, 6.45) is 1.76. The van der Waals surface area contributed by atoms with Gasteiger partial charge in [-0.3, -0.25) is 9.69 Å². The number of rotatable bonds is 5. The molecule has 1 saturated heterocycles. The molecule has 2 heterocycles. The monoisotopic (exact) mass is 341 g/mol. The minimum absolute atomic E-state index is 0.0566. The van der Waals surface area contributed by atoms with E-state index in [1.165, 1.54) is 0 Å². The van der Waals surface area contributed by atoms with Crippen molar-refractivity contribution in [2.45, 2.75) is 24.9 Å². The van der Waals surface area contributed by atoms with Gasteiger partial charge in [0, 0.05) is 44.7 Å². The van der Waals surface area contributed by atoms with E-state index in [-0.39, 0.29) is 5.91 Å². The average molecular weight is 341 g/mol. The van der Waals surface area contributed by atoms with E-state index in [4.69, 9.17) is 4.52 Å². The summed E-state index contributed by atoms with van der Waals surface area (Å²) in [5.41, 5.74) is 1.34. The Morgan fingerprint density at radius 1 is 1.20 bits per heavy atom. The molecule has 2 aromatic rings. The first kappa shape index (κ1) is 16.3. The number of aromatic nitrogens is 1. The molecule has 0 bridgehead atoms. The predicted molar refractivity (Wildman–Crippen MR) is 92.2 cm³/mol. The highest BCUT2D eigenvalue weighted by Crippen LogP contribution is 2.40. The highest BCUT2D eigenvalue weighted by Gasteiger charge is 2.30. The molecule has 1 N–H and O–H groups in total. The second-order valence-electron chi connectivity index (χ2n) is 6.91. The molecular weight excluding hydrogens is 318 g/mol. The normalized spacial score (nSPS) is 19.8. The van der Waals surface area contributed by atoms with E-state index in [1.807, 2.05) is 35.2 Å². The van der Waals surface area contributed by atoms with Crippen molar-refractivity contribution in [2.24, 2.45) is 0 Å². The number of aliphatic hydroxyl groups excluding tert-OH is 1. The first-order valence-electron chi connectivity index (χ1n) is 8.92. The third-order valence-electron chi connectivity index (χ3n) is 5.00. The van der Waals surface area contributed by atoms with Crippen LogP contribution in [-0.4, -0.2) is 58.7 Å². The predicted octanol–water partition coefficient (Wildman–Crippen LogP) is 2.04. The Morgan fingerprint density at radius 3 is 2.60 bits per heavy atom. The van der Waals surface area contributed by atoms with Gasteiger partial charge in [-0.05, 0) is 18.4 Å². The summed E-state index contributed by atoms with van der Waals surface area (Å²) in [6, 6.07) is 11.5. The molecule has 0 spiro atoms. The lowest BCUT2D eigenvalue weighted by molar-refractivity contribution is 0.0520. The van der Waals surface area contributed by atoms with Crippen LogP contribution in [0.5, 0.6) is 0 Å². The Balaban J connectivity index is 1.29. The van der Waals surface area contributed by atoms with Crippen LogP contribution in [0.2, 0.25) is 0 Å². The molecule has 6 heteroatoms. The number of carbonyl (C=O) groups excluding carboxylic acids is 1. The summed E-state index contributed by atoms with van der Waals surface area (Å²) in [6.45, 7) is 3.38. The van der Waals surface area contributed by atoms with Gasteiger partial charge in [-0.2, -0.15) is 0 Å². The fraction of sp³-hybridized carbons (Fsp3) is 0.474. The van der Waals surface area contributed by atoms with E-state index in [2.05, 4.69) is 10.1 Å². The minimum Gasteiger partial charge on any atom is -0.387 e. The molecule has 0 unspecified atom stereocenters. The molecule has 1 aliphatic heterocycles. The molecule has 1 saturated carbocycles. The quantitative estimate of drug-likeness (QED) is 0.901. The molecule has 0 radical (unpaired) electrons. The van der Waals surface area contributed by atoms with Gasteiger partial charge in [0.2, 0.25) is 0 Å². The zero-order valence-electron chi connectivity index (χ0n) is 14.2. The van der Waals surface area contributed by atoms with E-state index >= 15 is 0 Å². The van der Waals surface area contributed by atoms with Crippen molar-refractivity contribution in [1.82, 2.24) is 15.0 Å². The number of nitrogens with zero attached hydrogens (tertiary/aromatic N) is 3. The molecule has 1 atom stereocenters. The second kappa shape index (κ2) is 6.98. The van der Waals surface area contributed by atoms with Gasteiger partial charge in [0.1, 0.15) is 5.76 Å². The van der Waals surface area contributed by atoms with Crippen LogP contribution >= 0.6 is 0 Å². The van der Waals surface area contributed by atoms with E-state index in [1.54, 1.807) is 6.07 Å². The zero-order valence-corrected chi connectivity index (χ0v) is 14.2. The molecule has 6 nitrogen and oxygen atoms in total. The number of benzene rings is 1. The topological polar surface area (TPSA) is 69.8 Å². The second-order valence-corrected chi connectivity index (χ2v) is 6.91. The first-order valence-corrected chi connectivity index (χ1v) is 8.92. The van der Waals surface area contributed by atoms with Crippen LogP contribution in [0.4, 0.5) is 0 Å². The number of carbonyl (C=O) groups is 1. The number of piperazine rings is 1. The standard InChI is InChI=1S/C19H23N3O3/c23-17(14-4-2-1-3-5-14)13-21-8-10-22(11-9-21)19(24)16-12-18(25-20-16)15-6-7-15/h1-5,12,15,17,23H,6-11,13H2/t17-/m1/s1. The third-order valence-corrected chi connectivity index (χ3v) is 5.00. The maximum atomic E-state index is 12.5. The van der Waals surface area contributed by atoms with Crippen molar-refractivity contribution in [1.29, 1.82) is 0 Å². The van der Waals surface area contributed by atoms with Crippen LogP contribution in [0.1, 0.15) is 46.7 Å². The van der Waals surface area contributed by atoms with Gasteiger partial charge in [-0.1, -0.05) is 35.5 Å². The van der Waals surface area contributed by atoms with Gasteiger partial charge in [-0.25, -0.2) is 0 Å². The number of β-amino-alcohol motifs (C(OH)–C–C–N with tert-alkyl or cyclic N) is 1. The maximum absolute atomic E-state index is 12.5. The smallest absolute Gasteiger partial charge is 0.276 e. The number of hydrogen-bond donors (Lipinski definition) is 1. The van der Waals surface area contributed by atoms with E-state index in [0.717, 1.165) is 37.3 Å². The molecule has 1 aliphatic carbocycles. The Morgan fingerprint density at radius 2 is 1.92 bits per heavy atom. The largest absolute Gasteiger partial charge is 0.387 e. The number of hydrogen-bond acceptors (Lipinski definition) is 5. The molecule has 25 heavy (non-hydrogen) atoms. The van der Waals surface area contributed by atoms with Crippen LogP contribution in [0.3, 0.4) is 0 Å². The Labute approximate surface area is 147 Å². The van der Waals surface area contributed by atoms with E-state index in [9.17, 15) is 9.90 Å². The highest BCUT2D eigenvalue weighted by atomic mass is 16.5. The summed E-state index contributed by atoms with van der Waals surface area (Å²) in [5, 5.41) is 14.3. The molecule has 2 fully saturated rings. The summed E-state index contributed by atoms with van der Waals surface area (Å²) in [4.78, 5) is 16.6. The van der Waals surface area contributed by atoms with Gasteiger partial charge < -0.3 is 14.5 Å². The SMILES string of the molecule is O=C(c1cc(C2CC2)on1)N1CCN(C[C@@H](O)c2ccccc2)CC1. The Kier molecular flexibility index (Phi) is 4.55. The van der Waals surface area contributed by atoms with Gasteiger partial charge in [0.25, 0.3) is 5.91 Å². The fourth-order valence-corrected chi connectivity index (χ4v) is 3.27. The molecule has 4 rings (SSSR count). The van der Waals surface area contributed by atoms with Crippen LogP contribution < -0.4 is 0 Å². The van der Waals surface area contributed by atoms with Crippen molar-refractivity contribution >= 4 is 5.91 Å². The van der Waals surface area contributed by atoms with Crippen molar-refractivity contribution in [3.63, 3.8) is 0 Å². The minimum atomic E-state index is -0.500. The third kappa shape index (κ3) is 3.75. The lowest BCUT2D eigenvalue weighted by Gasteiger charge is -2.35. The molecule has 1 aromatic carbocycles. The first-order chi connectivity index (χ1) is 12.2.